The molecule has 1 heteroatoms. The van der Waals surface area contributed by atoms with Gasteiger partial charge in [0.1, 0.15) is 0 Å². The van der Waals surface area contributed by atoms with Gasteiger partial charge in [-0.05, 0) is 30.9 Å². The molecule has 0 saturated heterocycles. The van der Waals surface area contributed by atoms with Gasteiger partial charge in [-0.25, -0.2) is 0 Å². The van der Waals surface area contributed by atoms with Gasteiger partial charge in [-0.2, -0.15) is 0 Å². The van der Waals surface area contributed by atoms with E-state index >= 15 is 0 Å². The van der Waals surface area contributed by atoms with Gasteiger partial charge < -0.3 is 0 Å². The molecule has 0 aliphatic carbocycles. The van der Waals surface area contributed by atoms with Gasteiger partial charge in [0, 0.05) is 6.21 Å². The molecule has 17 heavy (non-hydrogen) atoms. The van der Waals surface area contributed by atoms with Crippen LogP contribution in [0.3, 0.4) is 0 Å². The van der Waals surface area contributed by atoms with Crippen LogP contribution in [-0.4, -0.2) is 6.21 Å². The Bertz CT molecular complexity index is 365. The van der Waals surface area contributed by atoms with E-state index in [9.17, 15) is 0 Å². The zero-order valence-corrected chi connectivity index (χ0v) is 11.2. The van der Waals surface area contributed by atoms with E-state index < -0.39 is 0 Å². The number of nitrogens with zero attached hydrogens (tertiary/aromatic N) is 1. The second kappa shape index (κ2) is 8.51. The molecule has 0 bridgehead atoms. The molecule has 0 aliphatic rings. The highest BCUT2D eigenvalue weighted by Crippen LogP contribution is 2.19. The fraction of sp³-hybridized carbons (Fsp3) is 0.312. The Morgan fingerprint density at radius 3 is 2.41 bits per heavy atom. The fourth-order valence-corrected chi connectivity index (χ4v) is 1.11. The van der Waals surface area contributed by atoms with Gasteiger partial charge in [-0.1, -0.05) is 50.8 Å². The van der Waals surface area contributed by atoms with Crippen LogP contribution >= 0.6 is 0 Å². The van der Waals surface area contributed by atoms with Crippen molar-refractivity contribution in [3.05, 3.63) is 60.9 Å². The van der Waals surface area contributed by atoms with E-state index in [1.165, 1.54) is 0 Å². The molecule has 0 atom stereocenters. The largest absolute Gasteiger partial charge is 0.257 e. The van der Waals surface area contributed by atoms with Crippen LogP contribution in [0.15, 0.2) is 65.9 Å². The van der Waals surface area contributed by atoms with E-state index in [-0.39, 0.29) is 0 Å². The van der Waals surface area contributed by atoms with Crippen LogP contribution in [0.1, 0.15) is 27.2 Å². The van der Waals surface area contributed by atoms with Crippen molar-refractivity contribution < 1.29 is 0 Å². The van der Waals surface area contributed by atoms with Gasteiger partial charge in [-0.15, -0.1) is 6.58 Å². The first-order chi connectivity index (χ1) is 8.02. The molecule has 0 rings (SSSR count). The predicted molar refractivity (Wildman–Crippen MR) is 79.3 cm³/mol. The lowest BCUT2D eigenvalue weighted by molar-refractivity contribution is 0.793. The molecule has 0 saturated carbocycles. The third-order valence-corrected chi connectivity index (χ3v) is 2.35. The maximum atomic E-state index is 4.28. The van der Waals surface area contributed by atoms with Gasteiger partial charge in [0.2, 0.25) is 0 Å². The second-order valence-electron chi connectivity index (χ2n) is 4.14. The lowest BCUT2D eigenvalue weighted by atomic mass is 10.00. The van der Waals surface area contributed by atoms with E-state index in [1.807, 2.05) is 25.2 Å². The molecular weight excluding hydrogens is 206 g/mol. The Morgan fingerprint density at radius 1 is 1.29 bits per heavy atom. The standard InChI is InChI=1S/C16H23N/c1-7-9-11-17-15(6)16(10-8-2)12-14(5)13(3)4/h7-9,11-13H,2,5-6,10H2,1,3-4H3/b9-7-,16-12-,17-11-. The van der Waals surface area contributed by atoms with Crippen molar-refractivity contribution in [1.82, 2.24) is 0 Å². The zero-order chi connectivity index (χ0) is 13.3. The van der Waals surface area contributed by atoms with Gasteiger partial charge in [-0.3, -0.25) is 4.99 Å². The predicted octanol–water partition coefficient (Wildman–Crippen LogP) is 4.86. The van der Waals surface area contributed by atoms with E-state index in [4.69, 9.17) is 0 Å². The Morgan fingerprint density at radius 2 is 1.94 bits per heavy atom. The number of allylic oxidation sites excluding steroid dienone is 6. The summed E-state index contributed by atoms with van der Waals surface area (Å²) in [7, 11) is 0. The Balaban J connectivity index is 4.90. The molecule has 0 aromatic carbocycles. The van der Waals surface area contributed by atoms with Crippen molar-refractivity contribution in [1.29, 1.82) is 0 Å². The van der Waals surface area contributed by atoms with Crippen LogP contribution in [0, 0.1) is 5.92 Å². The smallest absolute Gasteiger partial charge is 0.0593 e. The zero-order valence-electron chi connectivity index (χ0n) is 11.2. The highest BCUT2D eigenvalue weighted by molar-refractivity contribution is 5.72. The van der Waals surface area contributed by atoms with E-state index in [0.29, 0.717) is 5.92 Å². The van der Waals surface area contributed by atoms with E-state index in [0.717, 1.165) is 23.3 Å². The highest BCUT2D eigenvalue weighted by Gasteiger charge is 2.02. The van der Waals surface area contributed by atoms with Gasteiger partial charge in [0.05, 0.1) is 5.70 Å². The topological polar surface area (TPSA) is 12.4 Å². The van der Waals surface area contributed by atoms with E-state index in [1.54, 1.807) is 6.21 Å². The second-order valence-corrected chi connectivity index (χ2v) is 4.14. The molecule has 0 spiro atoms. The molecule has 0 N–H and O–H groups in total. The molecule has 92 valence electrons. The molecule has 0 heterocycles. The normalized spacial score (nSPS) is 12.6. The fourth-order valence-electron chi connectivity index (χ4n) is 1.11. The van der Waals surface area contributed by atoms with Gasteiger partial charge in [0.15, 0.2) is 0 Å². The first kappa shape index (κ1) is 15.4. The van der Waals surface area contributed by atoms with Crippen molar-refractivity contribution in [2.75, 3.05) is 0 Å². The monoisotopic (exact) mass is 229 g/mol. The maximum Gasteiger partial charge on any atom is 0.0593 e. The average Bonchev–Trinajstić information content (AvgIpc) is 2.28. The molecule has 0 amide bonds. The summed E-state index contributed by atoms with van der Waals surface area (Å²) in [5, 5.41) is 0. The summed E-state index contributed by atoms with van der Waals surface area (Å²) in [5.41, 5.74) is 2.92. The molecule has 0 aliphatic heterocycles. The summed E-state index contributed by atoms with van der Waals surface area (Å²) >= 11 is 0. The first-order valence-electron chi connectivity index (χ1n) is 5.87. The number of hydrogen-bond acceptors (Lipinski definition) is 1. The Kier molecular flexibility index (Phi) is 7.70. The summed E-state index contributed by atoms with van der Waals surface area (Å²) in [4.78, 5) is 4.28. The van der Waals surface area contributed by atoms with Crippen LogP contribution in [0.25, 0.3) is 0 Å². The van der Waals surface area contributed by atoms with Crippen molar-refractivity contribution in [3.8, 4) is 0 Å². The third kappa shape index (κ3) is 6.52. The Labute approximate surface area is 106 Å². The molecular formula is C16H23N. The third-order valence-electron chi connectivity index (χ3n) is 2.35. The highest BCUT2D eigenvalue weighted by atomic mass is 14.7. The SMILES string of the molecule is C=CC/C(=C/C(=C)C(C)C)C(=C)/N=C\C=C/C. The van der Waals surface area contributed by atoms with Crippen molar-refractivity contribution >= 4 is 6.21 Å². The summed E-state index contributed by atoms with van der Waals surface area (Å²) in [6.45, 7) is 18.0. The summed E-state index contributed by atoms with van der Waals surface area (Å²) in [6, 6.07) is 0. The Hall–Kier alpha value is -1.63. The van der Waals surface area contributed by atoms with Crippen LogP contribution in [0.4, 0.5) is 0 Å². The van der Waals surface area contributed by atoms with Gasteiger partial charge in [0.25, 0.3) is 0 Å². The van der Waals surface area contributed by atoms with Crippen molar-refractivity contribution in [2.24, 2.45) is 10.9 Å². The number of aliphatic imine (C=N–C) groups is 1. The van der Waals surface area contributed by atoms with Crippen LogP contribution in [0.5, 0.6) is 0 Å². The maximum absolute atomic E-state index is 4.28. The van der Waals surface area contributed by atoms with Gasteiger partial charge >= 0.3 is 0 Å². The summed E-state index contributed by atoms with van der Waals surface area (Å²) in [5.74, 6) is 0.433. The average molecular weight is 229 g/mol. The summed E-state index contributed by atoms with van der Waals surface area (Å²) in [6.07, 6.45) is 10.2. The van der Waals surface area contributed by atoms with Crippen LogP contribution < -0.4 is 0 Å². The molecule has 0 radical (unpaired) electrons. The minimum Gasteiger partial charge on any atom is -0.257 e. The molecule has 0 aromatic rings. The minimum absolute atomic E-state index is 0.433. The quantitative estimate of drug-likeness (QED) is 0.336. The number of rotatable bonds is 7. The van der Waals surface area contributed by atoms with Crippen LogP contribution in [0.2, 0.25) is 0 Å². The van der Waals surface area contributed by atoms with Crippen molar-refractivity contribution in [2.45, 2.75) is 27.2 Å². The molecule has 0 aromatic heterocycles. The minimum atomic E-state index is 0.433. The van der Waals surface area contributed by atoms with Crippen LogP contribution in [-0.2, 0) is 0 Å². The molecule has 0 unspecified atom stereocenters. The molecule has 0 fully saturated rings. The first-order valence-corrected chi connectivity index (χ1v) is 5.87. The summed E-state index contributed by atoms with van der Waals surface area (Å²) < 4.78 is 0. The lowest BCUT2D eigenvalue weighted by Crippen LogP contribution is -1.92. The van der Waals surface area contributed by atoms with Crippen molar-refractivity contribution in [3.63, 3.8) is 0 Å². The molecule has 1 nitrogen and oxygen atoms in total. The van der Waals surface area contributed by atoms with E-state index in [2.05, 4.69) is 44.7 Å². The lowest BCUT2D eigenvalue weighted by Gasteiger charge is -2.08. The number of hydrogen-bond donors (Lipinski definition) is 0.